The molecular weight excluding hydrogens is 334 g/mol. The van der Waals surface area contributed by atoms with E-state index in [-0.39, 0.29) is 4.90 Å². The van der Waals surface area contributed by atoms with Gasteiger partial charge < -0.3 is 4.90 Å². The van der Waals surface area contributed by atoms with Crippen molar-refractivity contribution in [3.05, 3.63) is 48.2 Å². The predicted molar refractivity (Wildman–Crippen MR) is 104 cm³/mol. The standard InChI is InChI=1S/C19H27N3O2S/c1-5-6-13-22(4)19-12-9-17(14-20-19)21-25(23,24)18-10-7-16(8-11-18)15(2)3/h7-12,14-15,21H,5-6,13H2,1-4H3. The van der Waals surface area contributed by atoms with Crippen molar-refractivity contribution in [2.24, 2.45) is 0 Å². The molecule has 2 rings (SSSR count). The van der Waals surface area contributed by atoms with Crippen molar-refractivity contribution in [3.63, 3.8) is 0 Å². The van der Waals surface area contributed by atoms with Gasteiger partial charge in [0.15, 0.2) is 0 Å². The van der Waals surface area contributed by atoms with Gasteiger partial charge in [0.05, 0.1) is 16.8 Å². The third kappa shape index (κ3) is 5.19. The summed E-state index contributed by atoms with van der Waals surface area (Å²) in [5.74, 6) is 1.20. The van der Waals surface area contributed by atoms with E-state index in [0.717, 1.165) is 30.8 Å². The first-order valence-electron chi connectivity index (χ1n) is 8.63. The number of sulfonamides is 1. The van der Waals surface area contributed by atoms with Gasteiger partial charge in [-0.2, -0.15) is 0 Å². The number of nitrogens with zero attached hydrogens (tertiary/aromatic N) is 2. The van der Waals surface area contributed by atoms with E-state index < -0.39 is 10.0 Å². The number of unbranched alkanes of at least 4 members (excludes halogenated alkanes) is 1. The predicted octanol–water partition coefficient (Wildman–Crippen LogP) is 4.24. The second-order valence-corrected chi connectivity index (χ2v) is 8.19. The van der Waals surface area contributed by atoms with Gasteiger partial charge in [-0.15, -0.1) is 0 Å². The van der Waals surface area contributed by atoms with Gasteiger partial charge in [-0.3, -0.25) is 4.72 Å². The minimum Gasteiger partial charge on any atom is -0.360 e. The van der Waals surface area contributed by atoms with E-state index >= 15 is 0 Å². The first kappa shape index (κ1) is 19.2. The summed E-state index contributed by atoms with van der Waals surface area (Å²) in [6, 6.07) is 10.5. The minimum atomic E-state index is -3.61. The number of hydrogen-bond donors (Lipinski definition) is 1. The Labute approximate surface area is 151 Å². The molecule has 0 saturated carbocycles. The largest absolute Gasteiger partial charge is 0.360 e. The van der Waals surface area contributed by atoms with Crippen molar-refractivity contribution in [1.29, 1.82) is 0 Å². The number of hydrogen-bond acceptors (Lipinski definition) is 4. The lowest BCUT2D eigenvalue weighted by molar-refractivity contribution is 0.601. The van der Waals surface area contributed by atoms with E-state index in [2.05, 4.69) is 35.4 Å². The fourth-order valence-electron chi connectivity index (χ4n) is 2.43. The Balaban J connectivity index is 2.09. The van der Waals surface area contributed by atoms with Gasteiger partial charge in [-0.25, -0.2) is 13.4 Å². The number of anilines is 2. The van der Waals surface area contributed by atoms with Crippen molar-refractivity contribution >= 4 is 21.5 Å². The van der Waals surface area contributed by atoms with Crippen LogP contribution in [0.2, 0.25) is 0 Å². The number of nitrogens with one attached hydrogen (secondary N) is 1. The fraction of sp³-hybridized carbons (Fsp3) is 0.421. The molecule has 2 aromatic rings. The Morgan fingerprint density at radius 1 is 1.12 bits per heavy atom. The van der Waals surface area contributed by atoms with Crippen molar-refractivity contribution < 1.29 is 8.42 Å². The third-order valence-corrected chi connectivity index (χ3v) is 5.49. The Morgan fingerprint density at radius 2 is 1.80 bits per heavy atom. The maximum Gasteiger partial charge on any atom is 0.261 e. The fourth-order valence-corrected chi connectivity index (χ4v) is 3.47. The topological polar surface area (TPSA) is 62.3 Å². The van der Waals surface area contributed by atoms with E-state index in [1.807, 2.05) is 25.2 Å². The zero-order chi connectivity index (χ0) is 18.4. The van der Waals surface area contributed by atoms with Crippen molar-refractivity contribution in [1.82, 2.24) is 4.98 Å². The molecule has 0 unspecified atom stereocenters. The normalized spacial score (nSPS) is 11.6. The molecule has 136 valence electrons. The van der Waals surface area contributed by atoms with Crippen molar-refractivity contribution in [3.8, 4) is 0 Å². The van der Waals surface area contributed by atoms with Crippen LogP contribution in [0, 0.1) is 0 Å². The van der Waals surface area contributed by atoms with E-state index in [0.29, 0.717) is 11.6 Å². The summed E-state index contributed by atoms with van der Waals surface area (Å²) in [5.41, 5.74) is 1.57. The zero-order valence-corrected chi connectivity index (χ0v) is 16.2. The van der Waals surface area contributed by atoms with Crippen molar-refractivity contribution in [2.45, 2.75) is 44.4 Å². The maximum atomic E-state index is 12.5. The second kappa shape index (κ2) is 8.34. The molecule has 1 N–H and O–H groups in total. The monoisotopic (exact) mass is 361 g/mol. The van der Waals surface area contributed by atoms with Gasteiger partial charge in [-0.05, 0) is 42.2 Å². The average molecular weight is 362 g/mol. The van der Waals surface area contributed by atoms with Crippen LogP contribution in [-0.4, -0.2) is 27.0 Å². The van der Waals surface area contributed by atoms with Gasteiger partial charge in [0.2, 0.25) is 0 Å². The zero-order valence-electron chi connectivity index (χ0n) is 15.4. The van der Waals surface area contributed by atoms with Gasteiger partial charge in [0.1, 0.15) is 5.82 Å². The molecule has 0 bridgehead atoms. The number of pyridine rings is 1. The van der Waals surface area contributed by atoms with Gasteiger partial charge in [0, 0.05) is 13.6 Å². The van der Waals surface area contributed by atoms with Gasteiger partial charge >= 0.3 is 0 Å². The molecule has 0 aliphatic heterocycles. The lowest BCUT2D eigenvalue weighted by Gasteiger charge is -2.18. The van der Waals surface area contributed by atoms with Crippen LogP contribution in [0.15, 0.2) is 47.5 Å². The third-order valence-electron chi connectivity index (χ3n) is 4.10. The molecule has 1 aromatic carbocycles. The van der Waals surface area contributed by atoms with E-state index in [1.165, 1.54) is 0 Å². The molecule has 0 spiro atoms. The molecule has 0 amide bonds. The molecule has 0 saturated heterocycles. The summed E-state index contributed by atoms with van der Waals surface area (Å²) in [5, 5.41) is 0. The molecule has 0 radical (unpaired) electrons. The molecule has 1 heterocycles. The molecule has 0 fully saturated rings. The lowest BCUT2D eigenvalue weighted by atomic mass is 10.0. The number of rotatable bonds is 8. The molecular formula is C19H27N3O2S. The highest BCUT2D eigenvalue weighted by molar-refractivity contribution is 7.92. The minimum absolute atomic E-state index is 0.251. The van der Waals surface area contributed by atoms with Crippen LogP contribution < -0.4 is 9.62 Å². The van der Waals surface area contributed by atoms with Crippen LogP contribution in [0.25, 0.3) is 0 Å². The van der Waals surface area contributed by atoms with Crippen LogP contribution in [0.5, 0.6) is 0 Å². The summed E-state index contributed by atoms with van der Waals surface area (Å²) in [4.78, 5) is 6.66. The van der Waals surface area contributed by atoms with Crippen LogP contribution in [0.1, 0.15) is 45.1 Å². The molecule has 1 aromatic heterocycles. The van der Waals surface area contributed by atoms with E-state index in [4.69, 9.17) is 0 Å². The quantitative estimate of drug-likeness (QED) is 0.764. The smallest absolute Gasteiger partial charge is 0.261 e. The Bertz CT molecular complexity index is 769. The molecule has 6 heteroatoms. The highest BCUT2D eigenvalue weighted by Gasteiger charge is 2.15. The first-order chi connectivity index (χ1) is 11.8. The Morgan fingerprint density at radius 3 is 2.32 bits per heavy atom. The molecule has 0 aliphatic carbocycles. The van der Waals surface area contributed by atoms with E-state index in [9.17, 15) is 8.42 Å². The lowest BCUT2D eigenvalue weighted by Crippen LogP contribution is -2.19. The van der Waals surface area contributed by atoms with Gasteiger partial charge in [0.25, 0.3) is 10.0 Å². The SMILES string of the molecule is CCCCN(C)c1ccc(NS(=O)(=O)c2ccc(C(C)C)cc2)cn1. The van der Waals surface area contributed by atoms with E-state index in [1.54, 1.807) is 24.4 Å². The summed E-state index contributed by atoms with van der Waals surface area (Å²) >= 11 is 0. The molecule has 25 heavy (non-hydrogen) atoms. The van der Waals surface area contributed by atoms with Gasteiger partial charge in [-0.1, -0.05) is 39.3 Å². The molecule has 5 nitrogen and oxygen atoms in total. The Hall–Kier alpha value is -2.08. The summed E-state index contributed by atoms with van der Waals surface area (Å²) in [6.07, 6.45) is 3.77. The second-order valence-electron chi connectivity index (χ2n) is 6.51. The summed E-state index contributed by atoms with van der Waals surface area (Å²) in [6.45, 7) is 7.22. The highest BCUT2D eigenvalue weighted by atomic mass is 32.2. The molecule has 0 atom stereocenters. The Kier molecular flexibility index (Phi) is 6.42. The van der Waals surface area contributed by atoms with Crippen molar-refractivity contribution in [2.75, 3.05) is 23.2 Å². The van der Waals surface area contributed by atoms with Crippen LogP contribution in [0.3, 0.4) is 0 Å². The average Bonchev–Trinajstić information content (AvgIpc) is 2.60. The number of aromatic nitrogens is 1. The summed E-state index contributed by atoms with van der Waals surface area (Å²) in [7, 11) is -1.62. The number of benzene rings is 1. The van der Waals surface area contributed by atoms with Crippen LogP contribution in [-0.2, 0) is 10.0 Å². The van der Waals surface area contributed by atoms with Crippen LogP contribution in [0.4, 0.5) is 11.5 Å². The van der Waals surface area contributed by atoms with Crippen LogP contribution >= 0.6 is 0 Å². The maximum absolute atomic E-state index is 12.5. The first-order valence-corrected chi connectivity index (χ1v) is 10.1. The molecule has 0 aliphatic rings. The summed E-state index contributed by atoms with van der Waals surface area (Å²) < 4.78 is 27.6. The highest BCUT2D eigenvalue weighted by Crippen LogP contribution is 2.20.